The van der Waals surface area contributed by atoms with E-state index in [0.29, 0.717) is 6.54 Å². The van der Waals surface area contributed by atoms with Crippen molar-refractivity contribution in [1.82, 2.24) is 4.90 Å². The van der Waals surface area contributed by atoms with Crippen LogP contribution in [-0.2, 0) is 6.42 Å². The molecule has 0 aliphatic carbocycles. The van der Waals surface area contributed by atoms with Gasteiger partial charge in [0.05, 0.1) is 14.2 Å². The zero-order chi connectivity index (χ0) is 15.2. The first-order valence-electron chi connectivity index (χ1n) is 7.20. The van der Waals surface area contributed by atoms with Gasteiger partial charge in [-0.15, -0.1) is 0 Å². The molecule has 1 atom stereocenters. The van der Waals surface area contributed by atoms with E-state index in [1.54, 1.807) is 14.2 Å². The van der Waals surface area contributed by atoms with Gasteiger partial charge in [-0.25, -0.2) is 0 Å². The van der Waals surface area contributed by atoms with Gasteiger partial charge in [-0.3, -0.25) is 4.90 Å². The monoisotopic (exact) mass is 280 g/mol. The molecular weight excluding hydrogens is 252 g/mol. The molecule has 20 heavy (non-hydrogen) atoms. The second-order valence-corrected chi connectivity index (χ2v) is 5.23. The van der Waals surface area contributed by atoms with E-state index in [1.165, 1.54) is 0 Å². The third kappa shape index (κ3) is 3.64. The van der Waals surface area contributed by atoms with E-state index in [0.717, 1.165) is 36.6 Å². The lowest BCUT2D eigenvalue weighted by Gasteiger charge is -2.40. The summed E-state index contributed by atoms with van der Waals surface area (Å²) in [6.45, 7) is 9.11. The zero-order valence-corrected chi connectivity index (χ0v) is 13.4. The number of ether oxygens (including phenoxy) is 2. The van der Waals surface area contributed by atoms with Crippen molar-refractivity contribution in [2.75, 3.05) is 33.9 Å². The van der Waals surface area contributed by atoms with E-state index < -0.39 is 0 Å². The van der Waals surface area contributed by atoms with Gasteiger partial charge in [0.2, 0.25) is 0 Å². The third-order valence-corrected chi connectivity index (χ3v) is 4.03. The quantitative estimate of drug-likeness (QED) is 0.794. The second-order valence-electron chi connectivity index (χ2n) is 5.23. The standard InChI is InChI=1S/C16H28N2O2/c1-6-18(7-2)16(3,12-17)11-13-10-14(19-4)8-9-15(13)20-5/h8-10H,6-7,11-12,17H2,1-5H3. The summed E-state index contributed by atoms with van der Waals surface area (Å²) < 4.78 is 10.8. The molecule has 4 heteroatoms. The molecule has 114 valence electrons. The SMILES string of the molecule is CCN(CC)C(C)(CN)Cc1cc(OC)ccc1OC. The highest BCUT2D eigenvalue weighted by Gasteiger charge is 2.30. The molecule has 0 fully saturated rings. The fraction of sp³-hybridized carbons (Fsp3) is 0.625. The smallest absolute Gasteiger partial charge is 0.122 e. The Morgan fingerprint density at radius 3 is 2.25 bits per heavy atom. The number of likely N-dealkylation sites (N-methyl/N-ethyl adjacent to an activating group) is 1. The van der Waals surface area contributed by atoms with Crippen LogP contribution in [0.3, 0.4) is 0 Å². The van der Waals surface area contributed by atoms with Gasteiger partial charge in [0, 0.05) is 12.1 Å². The molecule has 0 spiro atoms. The van der Waals surface area contributed by atoms with Crippen molar-refractivity contribution in [2.45, 2.75) is 32.7 Å². The van der Waals surface area contributed by atoms with E-state index in [2.05, 4.69) is 25.7 Å². The molecule has 1 unspecified atom stereocenters. The van der Waals surface area contributed by atoms with Crippen molar-refractivity contribution in [3.63, 3.8) is 0 Å². The maximum absolute atomic E-state index is 6.06. The predicted octanol–water partition coefficient (Wildman–Crippen LogP) is 2.31. The van der Waals surface area contributed by atoms with Gasteiger partial charge in [0.1, 0.15) is 11.5 Å². The van der Waals surface area contributed by atoms with Crippen molar-refractivity contribution >= 4 is 0 Å². The van der Waals surface area contributed by atoms with E-state index in [4.69, 9.17) is 15.2 Å². The average molecular weight is 280 g/mol. The summed E-state index contributed by atoms with van der Waals surface area (Å²) in [5.41, 5.74) is 7.11. The maximum Gasteiger partial charge on any atom is 0.122 e. The van der Waals surface area contributed by atoms with Crippen LogP contribution in [0.1, 0.15) is 26.3 Å². The molecule has 1 rings (SSSR count). The molecule has 0 amide bonds. The van der Waals surface area contributed by atoms with Gasteiger partial charge in [0.15, 0.2) is 0 Å². The first-order valence-corrected chi connectivity index (χ1v) is 7.20. The summed E-state index contributed by atoms with van der Waals surface area (Å²) in [5.74, 6) is 1.73. The van der Waals surface area contributed by atoms with Crippen LogP contribution in [0.5, 0.6) is 11.5 Å². The molecule has 0 bridgehead atoms. The van der Waals surface area contributed by atoms with Crippen molar-refractivity contribution in [2.24, 2.45) is 5.73 Å². The lowest BCUT2D eigenvalue weighted by Crippen LogP contribution is -2.53. The number of benzene rings is 1. The molecule has 0 aliphatic heterocycles. The Morgan fingerprint density at radius 2 is 1.80 bits per heavy atom. The maximum atomic E-state index is 6.06. The average Bonchev–Trinajstić information content (AvgIpc) is 2.48. The molecule has 2 N–H and O–H groups in total. The van der Waals surface area contributed by atoms with Crippen molar-refractivity contribution < 1.29 is 9.47 Å². The van der Waals surface area contributed by atoms with Gasteiger partial charge < -0.3 is 15.2 Å². The Labute approximate surface area is 122 Å². The highest BCUT2D eigenvalue weighted by molar-refractivity contribution is 5.41. The lowest BCUT2D eigenvalue weighted by molar-refractivity contribution is 0.123. The molecule has 0 aromatic heterocycles. The fourth-order valence-electron chi connectivity index (χ4n) is 2.73. The zero-order valence-electron chi connectivity index (χ0n) is 13.4. The largest absolute Gasteiger partial charge is 0.497 e. The van der Waals surface area contributed by atoms with Crippen LogP contribution in [-0.4, -0.2) is 44.3 Å². The topological polar surface area (TPSA) is 47.7 Å². The van der Waals surface area contributed by atoms with Gasteiger partial charge in [0.25, 0.3) is 0 Å². The van der Waals surface area contributed by atoms with Crippen LogP contribution >= 0.6 is 0 Å². The van der Waals surface area contributed by atoms with Gasteiger partial charge >= 0.3 is 0 Å². The molecular formula is C16H28N2O2. The summed E-state index contributed by atoms with van der Waals surface area (Å²) in [7, 11) is 3.38. The van der Waals surface area contributed by atoms with Gasteiger partial charge in [-0.2, -0.15) is 0 Å². The van der Waals surface area contributed by atoms with E-state index in [-0.39, 0.29) is 5.54 Å². The number of hydrogen-bond donors (Lipinski definition) is 1. The van der Waals surface area contributed by atoms with Gasteiger partial charge in [-0.05, 0) is 50.2 Å². The van der Waals surface area contributed by atoms with Crippen LogP contribution in [0.15, 0.2) is 18.2 Å². The molecule has 0 heterocycles. The molecule has 0 saturated heterocycles. The Kier molecular flexibility index (Phi) is 6.30. The third-order valence-electron chi connectivity index (χ3n) is 4.03. The molecule has 0 radical (unpaired) electrons. The minimum absolute atomic E-state index is 0.0802. The van der Waals surface area contributed by atoms with Crippen LogP contribution in [0.4, 0.5) is 0 Å². The first kappa shape index (κ1) is 16.8. The minimum atomic E-state index is -0.0802. The number of hydrogen-bond acceptors (Lipinski definition) is 4. The van der Waals surface area contributed by atoms with Crippen molar-refractivity contribution in [3.8, 4) is 11.5 Å². The van der Waals surface area contributed by atoms with Crippen LogP contribution in [0.2, 0.25) is 0 Å². The van der Waals surface area contributed by atoms with E-state index >= 15 is 0 Å². The Morgan fingerprint density at radius 1 is 1.15 bits per heavy atom. The number of nitrogens with two attached hydrogens (primary N) is 1. The molecule has 4 nitrogen and oxygen atoms in total. The normalized spacial score (nSPS) is 14.2. The van der Waals surface area contributed by atoms with Gasteiger partial charge in [-0.1, -0.05) is 13.8 Å². The van der Waals surface area contributed by atoms with Crippen molar-refractivity contribution in [3.05, 3.63) is 23.8 Å². The van der Waals surface area contributed by atoms with Crippen LogP contribution in [0.25, 0.3) is 0 Å². The second kappa shape index (κ2) is 7.50. The highest BCUT2D eigenvalue weighted by Crippen LogP contribution is 2.29. The van der Waals surface area contributed by atoms with Crippen LogP contribution in [0, 0.1) is 0 Å². The lowest BCUT2D eigenvalue weighted by atomic mass is 9.90. The summed E-state index contributed by atoms with van der Waals surface area (Å²) >= 11 is 0. The molecule has 1 aromatic carbocycles. The molecule has 0 aliphatic rings. The molecule has 0 saturated carbocycles. The Balaban J connectivity index is 3.10. The fourth-order valence-corrected chi connectivity index (χ4v) is 2.73. The summed E-state index contributed by atoms with van der Waals surface area (Å²) in [6.07, 6.45) is 0.839. The van der Waals surface area contributed by atoms with E-state index in [9.17, 15) is 0 Å². The minimum Gasteiger partial charge on any atom is -0.497 e. The Bertz CT molecular complexity index is 419. The summed E-state index contributed by atoms with van der Waals surface area (Å²) in [6, 6.07) is 5.91. The van der Waals surface area contributed by atoms with Crippen LogP contribution < -0.4 is 15.2 Å². The number of rotatable bonds is 8. The van der Waals surface area contributed by atoms with E-state index in [1.807, 2.05) is 18.2 Å². The highest BCUT2D eigenvalue weighted by atomic mass is 16.5. The summed E-state index contributed by atoms with van der Waals surface area (Å²) in [4.78, 5) is 2.39. The number of nitrogens with zero attached hydrogens (tertiary/aromatic N) is 1. The predicted molar refractivity (Wildman–Crippen MR) is 83.6 cm³/mol. The summed E-state index contributed by atoms with van der Waals surface area (Å²) in [5, 5.41) is 0. The van der Waals surface area contributed by atoms with Crippen molar-refractivity contribution in [1.29, 1.82) is 0 Å². The number of methoxy groups -OCH3 is 2. The first-order chi connectivity index (χ1) is 9.54. The molecule has 1 aromatic rings. The Hall–Kier alpha value is -1.26.